The van der Waals surface area contributed by atoms with Crippen LogP contribution in [-0.4, -0.2) is 47.8 Å². The van der Waals surface area contributed by atoms with Crippen molar-refractivity contribution in [1.29, 1.82) is 0 Å². The number of amides is 1. The Morgan fingerprint density at radius 3 is 3.05 bits per heavy atom. The van der Waals surface area contributed by atoms with Crippen LogP contribution in [0.1, 0.15) is 18.4 Å². The number of hydrogen-bond acceptors (Lipinski definition) is 4. The third-order valence-electron chi connectivity index (χ3n) is 3.67. The maximum Gasteiger partial charge on any atom is 0.250 e. The number of ether oxygens (including phenoxy) is 1. The Labute approximate surface area is 119 Å². The van der Waals surface area contributed by atoms with Crippen molar-refractivity contribution in [3.63, 3.8) is 0 Å². The van der Waals surface area contributed by atoms with E-state index in [0.29, 0.717) is 26.1 Å². The summed E-state index contributed by atoms with van der Waals surface area (Å²) in [7, 11) is 0. The van der Waals surface area contributed by atoms with Crippen LogP contribution in [0.15, 0.2) is 24.3 Å². The van der Waals surface area contributed by atoms with Gasteiger partial charge in [0, 0.05) is 13.1 Å². The third-order valence-corrected chi connectivity index (χ3v) is 3.67. The molecule has 5 nitrogen and oxygen atoms in total. The number of aliphatic hydroxyl groups is 1. The van der Waals surface area contributed by atoms with Crippen LogP contribution >= 0.6 is 0 Å². The van der Waals surface area contributed by atoms with Gasteiger partial charge in [-0.15, -0.1) is 0 Å². The summed E-state index contributed by atoms with van der Waals surface area (Å²) >= 11 is 0. The molecule has 1 aromatic carbocycles. The van der Waals surface area contributed by atoms with E-state index in [1.165, 1.54) is 0 Å². The molecule has 1 heterocycles. The second kappa shape index (κ2) is 6.24. The first-order chi connectivity index (χ1) is 9.49. The van der Waals surface area contributed by atoms with E-state index in [9.17, 15) is 9.90 Å². The number of rotatable bonds is 5. The lowest BCUT2D eigenvalue weighted by molar-refractivity contribution is -0.142. The summed E-state index contributed by atoms with van der Waals surface area (Å²) in [4.78, 5) is 13.3. The normalized spacial score (nSPS) is 23.5. The Hall–Kier alpha value is -1.59. The summed E-state index contributed by atoms with van der Waals surface area (Å²) in [5.41, 5.74) is 5.02. The molecule has 3 N–H and O–H groups in total. The van der Waals surface area contributed by atoms with Gasteiger partial charge in [-0.3, -0.25) is 9.69 Å². The standard InChI is InChI=1S/C15H22N2O3/c1-12-4-2-5-13(10-12)20-9-8-17-7-3-6-15(19,11-17)14(16)18/h2,4-5,10,19H,3,6-9,11H2,1H3,(H2,16,18). The van der Waals surface area contributed by atoms with Gasteiger partial charge >= 0.3 is 0 Å². The fraction of sp³-hybridized carbons (Fsp3) is 0.533. The molecule has 0 spiro atoms. The number of benzene rings is 1. The first-order valence-electron chi connectivity index (χ1n) is 6.94. The molecule has 1 atom stereocenters. The van der Waals surface area contributed by atoms with Gasteiger partial charge in [0.2, 0.25) is 0 Å². The van der Waals surface area contributed by atoms with Crippen molar-refractivity contribution >= 4 is 5.91 Å². The van der Waals surface area contributed by atoms with Crippen LogP contribution in [0.2, 0.25) is 0 Å². The number of piperidine rings is 1. The highest BCUT2D eigenvalue weighted by atomic mass is 16.5. The summed E-state index contributed by atoms with van der Waals surface area (Å²) in [6.45, 7) is 4.36. The van der Waals surface area contributed by atoms with Crippen molar-refractivity contribution in [3.8, 4) is 5.75 Å². The minimum Gasteiger partial charge on any atom is -0.492 e. The van der Waals surface area contributed by atoms with Gasteiger partial charge in [0.05, 0.1) is 0 Å². The minimum absolute atomic E-state index is 0.291. The largest absolute Gasteiger partial charge is 0.492 e. The fourth-order valence-electron chi connectivity index (χ4n) is 2.51. The van der Waals surface area contributed by atoms with E-state index in [4.69, 9.17) is 10.5 Å². The monoisotopic (exact) mass is 278 g/mol. The molecule has 0 bridgehead atoms. The van der Waals surface area contributed by atoms with E-state index in [1.807, 2.05) is 36.1 Å². The molecule has 2 rings (SSSR count). The summed E-state index contributed by atoms with van der Waals surface area (Å²) < 4.78 is 5.68. The third kappa shape index (κ3) is 3.71. The summed E-state index contributed by atoms with van der Waals surface area (Å²) in [6, 6.07) is 7.88. The molecule has 20 heavy (non-hydrogen) atoms. The Morgan fingerprint density at radius 2 is 2.35 bits per heavy atom. The van der Waals surface area contributed by atoms with Crippen molar-refractivity contribution < 1.29 is 14.6 Å². The topological polar surface area (TPSA) is 75.8 Å². The summed E-state index contributed by atoms with van der Waals surface area (Å²) in [5.74, 6) is 0.203. The Morgan fingerprint density at radius 1 is 1.55 bits per heavy atom. The fourth-order valence-corrected chi connectivity index (χ4v) is 2.51. The Bertz CT molecular complexity index is 478. The minimum atomic E-state index is -1.39. The average molecular weight is 278 g/mol. The summed E-state index contributed by atoms with van der Waals surface area (Å²) in [5, 5.41) is 10.1. The second-order valence-electron chi connectivity index (χ2n) is 5.44. The number of nitrogens with zero attached hydrogens (tertiary/aromatic N) is 1. The first-order valence-corrected chi connectivity index (χ1v) is 6.94. The zero-order valence-electron chi connectivity index (χ0n) is 11.8. The van der Waals surface area contributed by atoms with Crippen LogP contribution in [0, 0.1) is 6.92 Å². The van der Waals surface area contributed by atoms with Crippen LogP contribution in [-0.2, 0) is 4.79 Å². The molecule has 1 aromatic rings. The average Bonchev–Trinajstić information content (AvgIpc) is 2.39. The number of carbonyl (C=O) groups excluding carboxylic acids is 1. The van der Waals surface area contributed by atoms with Gasteiger partial charge in [-0.2, -0.15) is 0 Å². The smallest absolute Gasteiger partial charge is 0.250 e. The number of likely N-dealkylation sites (tertiary alicyclic amines) is 1. The van der Waals surface area contributed by atoms with Gasteiger partial charge in [-0.05, 0) is 44.0 Å². The van der Waals surface area contributed by atoms with Crippen LogP contribution in [0.4, 0.5) is 0 Å². The quantitative estimate of drug-likeness (QED) is 0.830. The van der Waals surface area contributed by atoms with E-state index in [-0.39, 0.29) is 0 Å². The summed E-state index contributed by atoms with van der Waals surface area (Å²) in [6.07, 6.45) is 1.21. The lowest BCUT2D eigenvalue weighted by atomic mass is 9.92. The van der Waals surface area contributed by atoms with Gasteiger partial charge in [0.25, 0.3) is 5.91 Å². The van der Waals surface area contributed by atoms with Crippen molar-refractivity contribution in [1.82, 2.24) is 4.90 Å². The molecular weight excluding hydrogens is 256 g/mol. The van der Waals surface area contributed by atoms with E-state index >= 15 is 0 Å². The van der Waals surface area contributed by atoms with Gasteiger partial charge in [0.1, 0.15) is 12.4 Å². The highest BCUT2D eigenvalue weighted by molar-refractivity contribution is 5.83. The van der Waals surface area contributed by atoms with Crippen LogP contribution in [0.3, 0.4) is 0 Å². The number of nitrogens with two attached hydrogens (primary N) is 1. The van der Waals surface area contributed by atoms with E-state index < -0.39 is 11.5 Å². The maximum absolute atomic E-state index is 11.3. The van der Waals surface area contributed by atoms with Crippen molar-refractivity contribution in [3.05, 3.63) is 29.8 Å². The Kier molecular flexibility index (Phi) is 4.62. The molecule has 1 unspecified atom stereocenters. The van der Waals surface area contributed by atoms with Gasteiger partial charge in [0.15, 0.2) is 5.60 Å². The molecule has 5 heteroatoms. The van der Waals surface area contributed by atoms with Crippen molar-refractivity contribution in [2.45, 2.75) is 25.4 Å². The molecule has 0 radical (unpaired) electrons. The molecule has 0 aromatic heterocycles. The van der Waals surface area contributed by atoms with Crippen LogP contribution in [0.25, 0.3) is 0 Å². The Balaban J connectivity index is 1.81. The molecule has 0 saturated carbocycles. The van der Waals surface area contributed by atoms with E-state index in [2.05, 4.69) is 0 Å². The molecular formula is C15H22N2O3. The van der Waals surface area contributed by atoms with Gasteiger partial charge in [-0.25, -0.2) is 0 Å². The molecule has 0 aliphatic carbocycles. The second-order valence-corrected chi connectivity index (χ2v) is 5.44. The number of β-amino-alcohol motifs (C(OH)–C–C–N with tert-alkyl or cyclic N) is 1. The first kappa shape index (κ1) is 14.8. The van der Waals surface area contributed by atoms with Gasteiger partial charge < -0.3 is 15.6 Å². The van der Waals surface area contributed by atoms with E-state index in [0.717, 1.165) is 24.3 Å². The molecule has 110 valence electrons. The lowest BCUT2D eigenvalue weighted by Gasteiger charge is -2.36. The maximum atomic E-state index is 11.3. The van der Waals surface area contributed by atoms with Crippen molar-refractivity contribution in [2.24, 2.45) is 5.73 Å². The molecule has 1 aliphatic rings. The predicted molar refractivity (Wildman–Crippen MR) is 76.5 cm³/mol. The molecule has 1 amide bonds. The molecule has 1 saturated heterocycles. The molecule has 1 fully saturated rings. The number of hydrogen-bond donors (Lipinski definition) is 2. The predicted octanol–water partition coefficient (Wildman–Crippen LogP) is 0.686. The zero-order valence-corrected chi connectivity index (χ0v) is 11.8. The van der Waals surface area contributed by atoms with Crippen LogP contribution < -0.4 is 10.5 Å². The molecule has 1 aliphatic heterocycles. The zero-order chi connectivity index (χ0) is 14.6. The number of aryl methyl sites for hydroxylation is 1. The SMILES string of the molecule is Cc1cccc(OCCN2CCCC(O)(C(N)=O)C2)c1. The van der Waals surface area contributed by atoms with E-state index in [1.54, 1.807) is 0 Å². The number of primary amides is 1. The van der Waals surface area contributed by atoms with Crippen LogP contribution in [0.5, 0.6) is 5.75 Å². The van der Waals surface area contributed by atoms with Gasteiger partial charge in [-0.1, -0.05) is 12.1 Å². The highest BCUT2D eigenvalue weighted by Gasteiger charge is 2.38. The van der Waals surface area contributed by atoms with Crippen molar-refractivity contribution in [2.75, 3.05) is 26.2 Å². The lowest BCUT2D eigenvalue weighted by Crippen LogP contribution is -2.56. The number of carbonyl (C=O) groups is 1. The highest BCUT2D eigenvalue weighted by Crippen LogP contribution is 2.20.